The molecule has 2 atom stereocenters. The predicted octanol–water partition coefficient (Wildman–Crippen LogP) is 4.21. The SMILES string of the molecule is C[C@@](N)(Cc1c[nH]c2ccccc12)C(=O)NC[C@H](NC(=O)OCc1ccccc1)c1ccccc1. The van der Waals surface area contributed by atoms with Crippen molar-refractivity contribution in [3.63, 3.8) is 0 Å². The van der Waals surface area contributed by atoms with Gasteiger partial charge in [-0.15, -0.1) is 0 Å². The average molecular weight is 471 g/mol. The molecular formula is C28H30N4O3. The Kier molecular flexibility index (Phi) is 7.48. The Hall–Kier alpha value is -4.10. The van der Waals surface area contributed by atoms with Gasteiger partial charge >= 0.3 is 6.09 Å². The van der Waals surface area contributed by atoms with E-state index < -0.39 is 17.7 Å². The van der Waals surface area contributed by atoms with Crippen molar-refractivity contribution in [2.45, 2.75) is 31.5 Å². The summed E-state index contributed by atoms with van der Waals surface area (Å²) in [5.41, 5.74) is 9.02. The maximum absolute atomic E-state index is 13.1. The standard InChI is InChI=1S/C28H30N4O3/c1-28(29,16-22-17-30-24-15-9-8-14-23(22)24)26(33)31-18-25(21-12-6-3-7-13-21)32-27(34)35-19-20-10-4-2-5-11-20/h2-15,17,25,30H,16,18-19,29H2,1H3,(H,31,33)(H,32,34)/t25-,28+/m0/s1. The molecule has 4 aromatic rings. The summed E-state index contributed by atoms with van der Waals surface area (Å²) >= 11 is 0. The second-order valence-corrected chi connectivity index (χ2v) is 8.83. The smallest absolute Gasteiger partial charge is 0.408 e. The number of nitrogens with one attached hydrogen (secondary N) is 3. The van der Waals surface area contributed by atoms with Crippen LogP contribution in [0.3, 0.4) is 0 Å². The van der Waals surface area contributed by atoms with Crippen LogP contribution in [-0.2, 0) is 22.6 Å². The van der Waals surface area contributed by atoms with Gasteiger partial charge in [-0.05, 0) is 29.7 Å². The number of aromatic amines is 1. The Morgan fingerprint density at radius 2 is 1.63 bits per heavy atom. The van der Waals surface area contributed by atoms with Gasteiger partial charge in [-0.25, -0.2) is 4.79 Å². The number of hydrogen-bond acceptors (Lipinski definition) is 4. The lowest BCUT2D eigenvalue weighted by Crippen LogP contribution is -2.54. The molecular weight excluding hydrogens is 440 g/mol. The largest absolute Gasteiger partial charge is 0.445 e. The van der Waals surface area contributed by atoms with Gasteiger partial charge in [0.2, 0.25) is 5.91 Å². The lowest BCUT2D eigenvalue weighted by atomic mass is 9.92. The zero-order valence-electron chi connectivity index (χ0n) is 19.7. The molecule has 0 fully saturated rings. The summed E-state index contributed by atoms with van der Waals surface area (Å²) in [6, 6.07) is 26.3. The van der Waals surface area contributed by atoms with Crippen molar-refractivity contribution >= 4 is 22.9 Å². The maximum atomic E-state index is 13.1. The van der Waals surface area contributed by atoms with E-state index in [9.17, 15) is 9.59 Å². The molecule has 35 heavy (non-hydrogen) atoms. The third-order valence-electron chi connectivity index (χ3n) is 5.92. The van der Waals surface area contributed by atoms with Crippen LogP contribution in [0.2, 0.25) is 0 Å². The van der Waals surface area contributed by atoms with Crippen LogP contribution >= 0.6 is 0 Å². The van der Waals surface area contributed by atoms with E-state index in [0.29, 0.717) is 6.42 Å². The number of amides is 2. The van der Waals surface area contributed by atoms with E-state index in [-0.39, 0.29) is 19.1 Å². The Morgan fingerprint density at radius 1 is 0.971 bits per heavy atom. The molecule has 0 aliphatic carbocycles. The van der Waals surface area contributed by atoms with Gasteiger partial charge in [-0.3, -0.25) is 4.79 Å². The first kappa shape index (κ1) is 24.0. The number of ether oxygens (including phenoxy) is 1. The number of carbonyl (C=O) groups excluding carboxylic acids is 2. The summed E-state index contributed by atoms with van der Waals surface area (Å²) in [6.45, 7) is 2.04. The minimum atomic E-state index is -1.14. The number of rotatable bonds is 9. The number of para-hydroxylation sites is 1. The Morgan fingerprint density at radius 3 is 2.37 bits per heavy atom. The van der Waals surface area contributed by atoms with E-state index in [0.717, 1.165) is 27.6 Å². The van der Waals surface area contributed by atoms with Crippen LogP contribution in [-0.4, -0.2) is 29.1 Å². The first-order valence-electron chi connectivity index (χ1n) is 11.6. The Balaban J connectivity index is 1.39. The molecule has 0 radical (unpaired) electrons. The van der Waals surface area contributed by atoms with Gasteiger partial charge in [0.05, 0.1) is 11.6 Å². The zero-order valence-corrected chi connectivity index (χ0v) is 19.7. The van der Waals surface area contributed by atoms with Gasteiger partial charge < -0.3 is 26.1 Å². The highest BCUT2D eigenvalue weighted by Gasteiger charge is 2.30. The fraction of sp³-hybridized carbons (Fsp3) is 0.214. The molecule has 7 heteroatoms. The molecule has 0 aliphatic heterocycles. The van der Waals surface area contributed by atoms with Crippen LogP contribution in [0.15, 0.2) is 91.1 Å². The highest BCUT2D eigenvalue weighted by Crippen LogP contribution is 2.22. The van der Waals surface area contributed by atoms with E-state index in [1.54, 1.807) is 6.92 Å². The first-order valence-corrected chi connectivity index (χ1v) is 11.6. The van der Waals surface area contributed by atoms with Crippen LogP contribution in [0.4, 0.5) is 4.79 Å². The highest BCUT2D eigenvalue weighted by atomic mass is 16.5. The second kappa shape index (κ2) is 10.9. The van der Waals surface area contributed by atoms with Gasteiger partial charge in [-0.1, -0.05) is 78.9 Å². The monoisotopic (exact) mass is 470 g/mol. The molecule has 3 aromatic carbocycles. The minimum absolute atomic E-state index is 0.159. The number of carbonyl (C=O) groups is 2. The average Bonchev–Trinajstić information content (AvgIpc) is 3.28. The van der Waals surface area contributed by atoms with Crippen molar-refractivity contribution in [1.82, 2.24) is 15.6 Å². The van der Waals surface area contributed by atoms with Gasteiger partial charge in [0.25, 0.3) is 0 Å². The van der Waals surface area contributed by atoms with Gasteiger partial charge in [0.1, 0.15) is 6.61 Å². The van der Waals surface area contributed by atoms with Crippen molar-refractivity contribution < 1.29 is 14.3 Å². The number of fused-ring (bicyclic) bond motifs is 1. The number of benzene rings is 3. The predicted molar refractivity (Wildman–Crippen MR) is 137 cm³/mol. The summed E-state index contributed by atoms with van der Waals surface area (Å²) in [5.74, 6) is -0.303. The third-order valence-corrected chi connectivity index (χ3v) is 5.92. The quantitative estimate of drug-likeness (QED) is 0.294. The molecule has 4 rings (SSSR count). The number of H-pyrrole nitrogens is 1. The maximum Gasteiger partial charge on any atom is 0.408 e. The summed E-state index contributed by atoms with van der Waals surface area (Å²) in [5, 5.41) is 6.82. The molecule has 0 saturated heterocycles. The summed E-state index contributed by atoms with van der Waals surface area (Å²) in [4.78, 5) is 28.8. The molecule has 0 saturated carbocycles. The van der Waals surface area contributed by atoms with Gasteiger partial charge in [0.15, 0.2) is 0 Å². The minimum Gasteiger partial charge on any atom is -0.445 e. The van der Waals surface area contributed by atoms with Crippen molar-refractivity contribution in [3.05, 3.63) is 108 Å². The summed E-state index contributed by atoms with van der Waals surface area (Å²) in [7, 11) is 0. The third kappa shape index (κ3) is 6.28. The fourth-order valence-electron chi connectivity index (χ4n) is 4.00. The van der Waals surface area contributed by atoms with Crippen LogP contribution < -0.4 is 16.4 Å². The number of aromatic nitrogens is 1. The topological polar surface area (TPSA) is 109 Å². The van der Waals surface area contributed by atoms with E-state index in [1.165, 1.54) is 0 Å². The fourth-order valence-corrected chi connectivity index (χ4v) is 4.00. The van der Waals surface area contributed by atoms with Crippen LogP contribution in [0.5, 0.6) is 0 Å². The van der Waals surface area contributed by atoms with Crippen LogP contribution in [0, 0.1) is 0 Å². The second-order valence-electron chi connectivity index (χ2n) is 8.83. The normalized spacial score (nSPS) is 13.5. The van der Waals surface area contributed by atoms with Crippen molar-refractivity contribution in [1.29, 1.82) is 0 Å². The van der Waals surface area contributed by atoms with E-state index in [4.69, 9.17) is 10.5 Å². The van der Waals surface area contributed by atoms with Crippen molar-refractivity contribution in [2.24, 2.45) is 5.73 Å². The van der Waals surface area contributed by atoms with E-state index >= 15 is 0 Å². The molecule has 0 aliphatic rings. The van der Waals surface area contributed by atoms with Crippen LogP contribution in [0.25, 0.3) is 10.9 Å². The number of hydrogen-bond donors (Lipinski definition) is 4. The lowest BCUT2D eigenvalue weighted by molar-refractivity contribution is -0.125. The lowest BCUT2D eigenvalue weighted by Gasteiger charge is -2.26. The Bertz CT molecular complexity index is 1270. The van der Waals surface area contributed by atoms with E-state index in [2.05, 4.69) is 15.6 Å². The Labute approximate surface area is 204 Å². The molecule has 5 N–H and O–H groups in total. The number of alkyl carbamates (subject to hydrolysis) is 1. The summed E-state index contributed by atoms with van der Waals surface area (Å²) in [6.07, 6.45) is 1.69. The molecule has 0 bridgehead atoms. The first-order chi connectivity index (χ1) is 16.9. The van der Waals surface area contributed by atoms with Crippen molar-refractivity contribution in [3.8, 4) is 0 Å². The molecule has 1 aromatic heterocycles. The molecule has 0 spiro atoms. The molecule has 0 unspecified atom stereocenters. The number of nitrogens with two attached hydrogens (primary N) is 1. The molecule has 2 amide bonds. The van der Waals surface area contributed by atoms with Gasteiger partial charge in [0, 0.05) is 30.1 Å². The summed E-state index contributed by atoms with van der Waals surface area (Å²) < 4.78 is 5.37. The highest BCUT2D eigenvalue weighted by molar-refractivity contribution is 5.88. The van der Waals surface area contributed by atoms with Gasteiger partial charge in [-0.2, -0.15) is 0 Å². The molecule has 180 valence electrons. The van der Waals surface area contributed by atoms with Crippen molar-refractivity contribution in [2.75, 3.05) is 6.54 Å². The zero-order chi connectivity index (χ0) is 24.7. The van der Waals surface area contributed by atoms with E-state index in [1.807, 2.05) is 91.1 Å². The van der Waals surface area contributed by atoms with Crippen LogP contribution in [0.1, 0.15) is 29.7 Å². The molecule has 1 heterocycles. The molecule has 7 nitrogen and oxygen atoms in total.